The van der Waals surface area contributed by atoms with E-state index in [1.165, 1.54) is 48.5 Å². The highest BCUT2D eigenvalue weighted by molar-refractivity contribution is 7.92. The van der Waals surface area contributed by atoms with Crippen LogP contribution < -0.4 is 15.4 Å². The molecule has 3 amide bonds. The number of imide groups is 1. The summed E-state index contributed by atoms with van der Waals surface area (Å²) < 4.78 is 27.4. The van der Waals surface area contributed by atoms with E-state index < -0.39 is 15.9 Å². The molecule has 1 fully saturated rings. The van der Waals surface area contributed by atoms with Crippen LogP contribution in [-0.2, 0) is 19.6 Å². The Balaban J connectivity index is 1.80. The first-order chi connectivity index (χ1) is 12.8. The summed E-state index contributed by atoms with van der Waals surface area (Å²) in [6.07, 6.45) is 1.10. The highest BCUT2D eigenvalue weighted by atomic mass is 32.2. The molecule has 3 rings (SSSR count). The summed E-state index contributed by atoms with van der Waals surface area (Å²) in [5.41, 5.74) is 6.02. The van der Waals surface area contributed by atoms with Crippen LogP contribution in [0.15, 0.2) is 53.4 Å². The van der Waals surface area contributed by atoms with Gasteiger partial charge in [-0.1, -0.05) is 0 Å². The number of sulfonamides is 1. The molecule has 1 saturated heterocycles. The zero-order valence-corrected chi connectivity index (χ0v) is 15.0. The van der Waals surface area contributed by atoms with Crippen LogP contribution >= 0.6 is 0 Å². The molecule has 27 heavy (non-hydrogen) atoms. The molecule has 0 aromatic heterocycles. The molecule has 3 N–H and O–H groups in total. The molecule has 140 valence electrons. The van der Waals surface area contributed by atoms with Gasteiger partial charge >= 0.3 is 0 Å². The predicted octanol–water partition coefficient (Wildman–Crippen LogP) is 1.63. The molecule has 2 aromatic carbocycles. The molecular formula is C18H17N3O5S. The molecule has 9 heteroatoms. The molecule has 0 atom stereocenters. The number of nitrogens with zero attached hydrogens (tertiary/aromatic N) is 1. The maximum atomic E-state index is 12.5. The fourth-order valence-electron chi connectivity index (χ4n) is 2.73. The lowest BCUT2D eigenvalue weighted by Gasteiger charge is -2.24. The molecular weight excluding hydrogens is 370 g/mol. The number of anilines is 2. The van der Waals surface area contributed by atoms with Crippen molar-refractivity contribution in [3.63, 3.8) is 0 Å². The van der Waals surface area contributed by atoms with Crippen molar-refractivity contribution in [1.29, 1.82) is 0 Å². The van der Waals surface area contributed by atoms with Gasteiger partial charge in [-0.05, 0) is 55.0 Å². The molecule has 2 aromatic rings. The van der Waals surface area contributed by atoms with E-state index >= 15 is 0 Å². The van der Waals surface area contributed by atoms with Gasteiger partial charge in [0.2, 0.25) is 17.7 Å². The topological polar surface area (TPSA) is 127 Å². The predicted molar refractivity (Wildman–Crippen MR) is 98.6 cm³/mol. The maximum Gasteiger partial charge on any atom is 0.261 e. The van der Waals surface area contributed by atoms with E-state index in [1.807, 2.05) is 0 Å². The monoisotopic (exact) mass is 387 g/mol. The summed E-state index contributed by atoms with van der Waals surface area (Å²) in [6.45, 7) is 0. The minimum Gasteiger partial charge on any atom is -0.366 e. The highest BCUT2D eigenvalue weighted by Gasteiger charge is 2.27. The van der Waals surface area contributed by atoms with Crippen molar-refractivity contribution in [2.45, 2.75) is 24.2 Å². The SMILES string of the molecule is NC(=O)c1ccc(NS(=O)(=O)c2ccc(N3C(=O)CCCC3=O)cc2)cc1. The van der Waals surface area contributed by atoms with Gasteiger partial charge in [0, 0.05) is 24.1 Å². The third kappa shape index (κ3) is 3.98. The molecule has 1 aliphatic rings. The summed E-state index contributed by atoms with van der Waals surface area (Å²) in [4.78, 5) is 36.0. The van der Waals surface area contributed by atoms with Crippen molar-refractivity contribution in [3.8, 4) is 0 Å². The van der Waals surface area contributed by atoms with Crippen LogP contribution in [0.5, 0.6) is 0 Å². The van der Waals surface area contributed by atoms with E-state index in [1.54, 1.807) is 0 Å². The Labute approximate surface area is 156 Å². The van der Waals surface area contributed by atoms with Crippen LogP contribution in [0.2, 0.25) is 0 Å². The number of nitrogens with two attached hydrogens (primary N) is 1. The number of carbonyl (C=O) groups excluding carboxylic acids is 3. The van der Waals surface area contributed by atoms with E-state index in [2.05, 4.69) is 4.72 Å². The number of carbonyl (C=O) groups is 3. The van der Waals surface area contributed by atoms with Crippen LogP contribution in [0, 0.1) is 0 Å². The standard InChI is InChI=1S/C18H17N3O5S/c19-18(24)12-4-6-13(7-5-12)20-27(25,26)15-10-8-14(9-11-15)21-16(22)2-1-3-17(21)23/h4-11,20H,1-3H2,(H2,19,24). The Morgan fingerprint density at radius 3 is 2.00 bits per heavy atom. The Hall–Kier alpha value is -3.20. The zero-order valence-electron chi connectivity index (χ0n) is 14.2. The number of piperidine rings is 1. The summed E-state index contributed by atoms with van der Waals surface area (Å²) >= 11 is 0. The van der Waals surface area contributed by atoms with E-state index in [0.29, 0.717) is 12.1 Å². The second-order valence-electron chi connectivity index (χ2n) is 6.02. The maximum absolute atomic E-state index is 12.5. The number of benzene rings is 2. The van der Waals surface area contributed by atoms with Gasteiger partial charge in [-0.2, -0.15) is 0 Å². The van der Waals surface area contributed by atoms with Crippen molar-refractivity contribution in [3.05, 3.63) is 54.1 Å². The fourth-order valence-corrected chi connectivity index (χ4v) is 3.79. The van der Waals surface area contributed by atoms with Crippen LogP contribution in [0.25, 0.3) is 0 Å². The number of hydrogen-bond acceptors (Lipinski definition) is 5. The normalized spacial score (nSPS) is 14.9. The molecule has 0 unspecified atom stereocenters. The largest absolute Gasteiger partial charge is 0.366 e. The summed E-state index contributed by atoms with van der Waals surface area (Å²) in [5.74, 6) is -1.20. The Morgan fingerprint density at radius 2 is 1.48 bits per heavy atom. The first-order valence-electron chi connectivity index (χ1n) is 8.16. The average Bonchev–Trinajstić information content (AvgIpc) is 2.62. The van der Waals surface area contributed by atoms with Crippen LogP contribution in [0.4, 0.5) is 11.4 Å². The van der Waals surface area contributed by atoms with Gasteiger partial charge in [-0.15, -0.1) is 0 Å². The zero-order chi connectivity index (χ0) is 19.6. The third-order valence-electron chi connectivity index (χ3n) is 4.11. The molecule has 1 aliphatic heterocycles. The van der Waals surface area contributed by atoms with E-state index in [9.17, 15) is 22.8 Å². The van der Waals surface area contributed by atoms with Gasteiger partial charge in [-0.3, -0.25) is 24.0 Å². The van der Waals surface area contributed by atoms with Gasteiger partial charge in [0.25, 0.3) is 10.0 Å². The Morgan fingerprint density at radius 1 is 0.926 bits per heavy atom. The first-order valence-corrected chi connectivity index (χ1v) is 9.65. The van der Waals surface area contributed by atoms with E-state index in [4.69, 9.17) is 5.73 Å². The van der Waals surface area contributed by atoms with Crippen LogP contribution in [0.3, 0.4) is 0 Å². The minimum absolute atomic E-state index is 0.0258. The average molecular weight is 387 g/mol. The lowest BCUT2D eigenvalue weighted by Crippen LogP contribution is -2.40. The van der Waals surface area contributed by atoms with Crippen molar-refractivity contribution >= 4 is 39.1 Å². The fraction of sp³-hybridized carbons (Fsp3) is 0.167. The molecule has 0 spiro atoms. The molecule has 1 heterocycles. The summed E-state index contributed by atoms with van der Waals surface area (Å²) in [7, 11) is -3.88. The Kier molecular flexibility index (Phi) is 4.95. The number of hydrogen-bond donors (Lipinski definition) is 2. The molecule has 8 nitrogen and oxygen atoms in total. The van der Waals surface area contributed by atoms with E-state index in [-0.39, 0.29) is 40.8 Å². The first kappa shape index (κ1) is 18.6. The van der Waals surface area contributed by atoms with Gasteiger partial charge in [-0.25, -0.2) is 8.42 Å². The van der Waals surface area contributed by atoms with Gasteiger partial charge in [0.05, 0.1) is 10.6 Å². The Bertz CT molecular complexity index is 982. The van der Waals surface area contributed by atoms with Crippen LogP contribution in [-0.4, -0.2) is 26.1 Å². The lowest BCUT2D eigenvalue weighted by atomic mass is 10.1. The number of primary amides is 1. The van der Waals surface area contributed by atoms with Crippen molar-refractivity contribution in [2.75, 3.05) is 9.62 Å². The molecule has 0 saturated carbocycles. The second-order valence-corrected chi connectivity index (χ2v) is 7.70. The quantitative estimate of drug-likeness (QED) is 0.754. The lowest BCUT2D eigenvalue weighted by molar-refractivity contribution is -0.129. The van der Waals surface area contributed by atoms with Crippen molar-refractivity contribution in [2.24, 2.45) is 5.73 Å². The smallest absolute Gasteiger partial charge is 0.261 e. The summed E-state index contributed by atoms with van der Waals surface area (Å²) in [6, 6.07) is 11.2. The number of amides is 3. The molecule has 0 radical (unpaired) electrons. The van der Waals surface area contributed by atoms with Gasteiger partial charge in [0.15, 0.2) is 0 Å². The minimum atomic E-state index is -3.88. The number of nitrogens with one attached hydrogen (secondary N) is 1. The van der Waals surface area contributed by atoms with E-state index in [0.717, 1.165) is 4.90 Å². The third-order valence-corrected chi connectivity index (χ3v) is 5.50. The van der Waals surface area contributed by atoms with Crippen molar-refractivity contribution in [1.82, 2.24) is 0 Å². The molecule has 0 aliphatic carbocycles. The van der Waals surface area contributed by atoms with Crippen molar-refractivity contribution < 1.29 is 22.8 Å². The van der Waals surface area contributed by atoms with Crippen LogP contribution in [0.1, 0.15) is 29.6 Å². The molecule has 0 bridgehead atoms. The number of rotatable bonds is 5. The van der Waals surface area contributed by atoms with Gasteiger partial charge in [0.1, 0.15) is 0 Å². The van der Waals surface area contributed by atoms with Gasteiger partial charge < -0.3 is 5.73 Å². The summed E-state index contributed by atoms with van der Waals surface area (Å²) in [5, 5.41) is 0. The highest BCUT2D eigenvalue weighted by Crippen LogP contribution is 2.24. The second kappa shape index (κ2) is 7.20.